The van der Waals surface area contributed by atoms with Crippen LogP contribution in [0.25, 0.3) is 22.4 Å². The maximum Gasteiger partial charge on any atom is 0.129 e. The number of halogens is 1. The molecule has 20 heavy (non-hydrogen) atoms. The molecule has 1 aromatic carbocycles. The lowest BCUT2D eigenvalue weighted by Crippen LogP contribution is -1.97. The number of furan rings is 1. The number of benzene rings is 1. The Morgan fingerprint density at radius 3 is 2.70 bits per heavy atom. The summed E-state index contributed by atoms with van der Waals surface area (Å²) in [5.74, 6) is 1.49. The molecule has 0 spiro atoms. The number of aromatic nitrogens is 2. The molecule has 3 rings (SSSR count). The van der Waals surface area contributed by atoms with E-state index >= 15 is 0 Å². The van der Waals surface area contributed by atoms with E-state index in [0.717, 1.165) is 32.6 Å². The average Bonchev–Trinajstić information content (AvgIpc) is 2.95. The van der Waals surface area contributed by atoms with E-state index in [-0.39, 0.29) is 0 Å². The van der Waals surface area contributed by atoms with Gasteiger partial charge in [-0.25, -0.2) is 0 Å². The number of nitrogens with two attached hydrogens (primary N) is 1. The van der Waals surface area contributed by atoms with Crippen molar-refractivity contribution in [2.45, 2.75) is 6.92 Å². The van der Waals surface area contributed by atoms with Crippen molar-refractivity contribution in [3.05, 3.63) is 46.8 Å². The zero-order valence-electron chi connectivity index (χ0n) is 11.2. The predicted octanol–water partition coefficient (Wildman–Crippen LogP) is 4.00. The van der Waals surface area contributed by atoms with E-state index in [4.69, 9.17) is 10.2 Å². The van der Waals surface area contributed by atoms with Gasteiger partial charge in [0.2, 0.25) is 0 Å². The van der Waals surface area contributed by atoms with Gasteiger partial charge in [0.15, 0.2) is 0 Å². The summed E-state index contributed by atoms with van der Waals surface area (Å²) in [6.45, 7) is 1.91. The first-order valence-electron chi connectivity index (χ1n) is 6.20. The van der Waals surface area contributed by atoms with Crippen LogP contribution in [-0.2, 0) is 7.05 Å². The Labute approximate surface area is 125 Å². The standard InChI is InChI=1S/C15H14BrN3O/c1-9-6-11(8-20-9)14-13(15(17)19(2)18-14)10-4-3-5-12(16)7-10/h3-8H,17H2,1-2H3. The minimum absolute atomic E-state index is 0.636. The van der Waals surface area contributed by atoms with E-state index in [2.05, 4.69) is 21.0 Å². The molecular formula is C15H14BrN3O. The van der Waals surface area contributed by atoms with Gasteiger partial charge in [-0.2, -0.15) is 5.10 Å². The summed E-state index contributed by atoms with van der Waals surface area (Å²) in [6, 6.07) is 9.98. The fourth-order valence-electron chi connectivity index (χ4n) is 2.24. The SMILES string of the molecule is Cc1cc(-c2nn(C)c(N)c2-c2cccc(Br)c2)co1. The molecule has 4 nitrogen and oxygen atoms in total. The molecular weight excluding hydrogens is 318 g/mol. The first-order chi connectivity index (χ1) is 9.56. The highest BCUT2D eigenvalue weighted by molar-refractivity contribution is 9.10. The van der Waals surface area contributed by atoms with Crippen molar-refractivity contribution in [3.8, 4) is 22.4 Å². The summed E-state index contributed by atoms with van der Waals surface area (Å²) in [5, 5.41) is 4.52. The van der Waals surface area contributed by atoms with Crippen LogP contribution < -0.4 is 5.73 Å². The average molecular weight is 332 g/mol. The molecule has 0 aliphatic heterocycles. The first kappa shape index (κ1) is 13.0. The van der Waals surface area contributed by atoms with Gasteiger partial charge in [0, 0.05) is 17.1 Å². The molecule has 3 aromatic rings. The minimum Gasteiger partial charge on any atom is -0.469 e. The second kappa shape index (κ2) is 4.83. The molecule has 0 atom stereocenters. The van der Waals surface area contributed by atoms with Crippen LogP contribution in [-0.4, -0.2) is 9.78 Å². The Morgan fingerprint density at radius 1 is 1.25 bits per heavy atom. The Morgan fingerprint density at radius 2 is 2.05 bits per heavy atom. The molecule has 5 heteroatoms. The second-order valence-electron chi connectivity index (χ2n) is 4.69. The number of aryl methyl sites for hydroxylation is 2. The van der Waals surface area contributed by atoms with Crippen LogP contribution in [0.5, 0.6) is 0 Å². The van der Waals surface area contributed by atoms with Crippen LogP contribution in [0, 0.1) is 6.92 Å². The fourth-order valence-corrected chi connectivity index (χ4v) is 2.63. The predicted molar refractivity (Wildman–Crippen MR) is 83.2 cm³/mol. The van der Waals surface area contributed by atoms with Gasteiger partial charge in [-0.3, -0.25) is 4.68 Å². The number of nitrogen functional groups attached to an aromatic ring is 1. The molecule has 2 aromatic heterocycles. The van der Waals surface area contributed by atoms with E-state index in [1.54, 1.807) is 10.9 Å². The van der Waals surface area contributed by atoms with Crippen LogP contribution in [0.15, 0.2) is 45.5 Å². The van der Waals surface area contributed by atoms with E-state index in [0.29, 0.717) is 5.82 Å². The molecule has 0 fully saturated rings. The largest absolute Gasteiger partial charge is 0.469 e. The van der Waals surface area contributed by atoms with Crippen molar-refractivity contribution in [2.75, 3.05) is 5.73 Å². The lowest BCUT2D eigenvalue weighted by atomic mass is 10.0. The highest BCUT2D eigenvalue weighted by atomic mass is 79.9. The van der Waals surface area contributed by atoms with Crippen LogP contribution in [0.4, 0.5) is 5.82 Å². The summed E-state index contributed by atoms with van der Waals surface area (Å²) in [5.41, 5.74) is 9.90. The number of anilines is 1. The van der Waals surface area contributed by atoms with Crippen molar-refractivity contribution in [1.82, 2.24) is 9.78 Å². The summed E-state index contributed by atoms with van der Waals surface area (Å²) in [6.07, 6.45) is 1.71. The lowest BCUT2D eigenvalue weighted by Gasteiger charge is -2.03. The van der Waals surface area contributed by atoms with Crippen molar-refractivity contribution in [2.24, 2.45) is 7.05 Å². The molecule has 0 radical (unpaired) electrons. The van der Waals surface area contributed by atoms with Crippen LogP contribution >= 0.6 is 15.9 Å². The summed E-state index contributed by atoms with van der Waals surface area (Å²) >= 11 is 3.49. The van der Waals surface area contributed by atoms with Gasteiger partial charge in [0.25, 0.3) is 0 Å². The van der Waals surface area contributed by atoms with Crippen molar-refractivity contribution >= 4 is 21.7 Å². The minimum atomic E-state index is 0.636. The maximum atomic E-state index is 6.18. The third kappa shape index (κ3) is 2.14. The van der Waals surface area contributed by atoms with Gasteiger partial charge in [-0.05, 0) is 30.7 Å². The molecule has 2 N–H and O–H groups in total. The number of rotatable bonds is 2. The van der Waals surface area contributed by atoms with Gasteiger partial charge in [-0.15, -0.1) is 0 Å². The zero-order chi connectivity index (χ0) is 14.3. The topological polar surface area (TPSA) is 57.0 Å². The smallest absolute Gasteiger partial charge is 0.129 e. The Bertz CT molecular complexity index is 773. The third-order valence-corrected chi connectivity index (χ3v) is 3.70. The molecule has 2 heterocycles. The zero-order valence-corrected chi connectivity index (χ0v) is 12.8. The van der Waals surface area contributed by atoms with Crippen molar-refractivity contribution in [3.63, 3.8) is 0 Å². The fraction of sp³-hybridized carbons (Fsp3) is 0.133. The van der Waals surface area contributed by atoms with Crippen molar-refractivity contribution < 1.29 is 4.42 Å². The molecule has 0 aliphatic carbocycles. The first-order valence-corrected chi connectivity index (χ1v) is 6.99. The van der Waals surface area contributed by atoms with E-state index in [9.17, 15) is 0 Å². The molecule has 0 saturated carbocycles. The van der Waals surface area contributed by atoms with E-state index in [1.165, 1.54) is 0 Å². The Kier molecular flexibility index (Phi) is 3.14. The third-order valence-electron chi connectivity index (χ3n) is 3.21. The maximum absolute atomic E-state index is 6.18. The van der Waals surface area contributed by atoms with Gasteiger partial charge in [0.1, 0.15) is 23.5 Å². The number of hydrogen-bond acceptors (Lipinski definition) is 3. The summed E-state index contributed by atoms with van der Waals surface area (Å²) < 4.78 is 8.08. The van der Waals surface area contributed by atoms with Gasteiger partial charge in [0.05, 0.1) is 5.56 Å². The highest BCUT2D eigenvalue weighted by Crippen LogP contribution is 2.37. The monoisotopic (exact) mass is 331 g/mol. The normalized spacial score (nSPS) is 10.9. The summed E-state index contributed by atoms with van der Waals surface area (Å²) in [7, 11) is 1.84. The van der Waals surface area contributed by atoms with E-state index in [1.807, 2.05) is 44.3 Å². The quantitative estimate of drug-likeness (QED) is 0.772. The van der Waals surface area contributed by atoms with E-state index < -0.39 is 0 Å². The second-order valence-corrected chi connectivity index (χ2v) is 5.60. The molecule has 0 aliphatic rings. The lowest BCUT2D eigenvalue weighted by molar-refractivity contribution is 0.535. The molecule has 0 saturated heterocycles. The van der Waals surface area contributed by atoms with Crippen LogP contribution in [0.1, 0.15) is 5.76 Å². The Hall–Kier alpha value is -2.01. The molecule has 0 bridgehead atoms. The number of hydrogen-bond donors (Lipinski definition) is 1. The molecule has 102 valence electrons. The molecule has 0 unspecified atom stereocenters. The van der Waals surface area contributed by atoms with Gasteiger partial charge >= 0.3 is 0 Å². The van der Waals surface area contributed by atoms with Gasteiger partial charge < -0.3 is 10.2 Å². The Balaban J connectivity index is 2.24. The molecule has 0 amide bonds. The highest BCUT2D eigenvalue weighted by Gasteiger charge is 2.18. The van der Waals surface area contributed by atoms with Crippen molar-refractivity contribution in [1.29, 1.82) is 0 Å². The van der Waals surface area contributed by atoms with Crippen LogP contribution in [0.3, 0.4) is 0 Å². The van der Waals surface area contributed by atoms with Gasteiger partial charge in [-0.1, -0.05) is 28.1 Å². The summed E-state index contributed by atoms with van der Waals surface area (Å²) in [4.78, 5) is 0. The van der Waals surface area contributed by atoms with Crippen LogP contribution in [0.2, 0.25) is 0 Å². The number of nitrogens with zero attached hydrogens (tertiary/aromatic N) is 2.